The van der Waals surface area contributed by atoms with Crippen molar-refractivity contribution >= 4 is 40.5 Å². The summed E-state index contributed by atoms with van der Waals surface area (Å²) >= 11 is 4.79. The van der Waals surface area contributed by atoms with Gasteiger partial charge in [0.25, 0.3) is 0 Å². The van der Waals surface area contributed by atoms with Crippen LogP contribution in [0.3, 0.4) is 0 Å². The van der Waals surface area contributed by atoms with Crippen LogP contribution >= 0.6 is 34.9 Å². The summed E-state index contributed by atoms with van der Waals surface area (Å²) in [6.45, 7) is 0. The lowest BCUT2D eigenvalue weighted by atomic mass is 10.3. The number of hydrogen-bond acceptors (Lipinski definition) is 6. The van der Waals surface area contributed by atoms with Gasteiger partial charge in [0.2, 0.25) is 0 Å². The van der Waals surface area contributed by atoms with Gasteiger partial charge in [0.15, 0.2) is 8.68 Å². The summed E-state index contributed by atoms with van der Waals surface area (Å²) in [7, 11) is 0. The van der Waals surface area contributed by atoms with Crippen molar-refractivity contribution in [1.29, 1.82) is 0 Å². The van der Waals surface area contributed by atoms with Crippen molar-refractivity contribution in [1.82, 2.24) is 10.2 Å². The fourth-order valence-electron chi connectivity index (χ4n) is 1.16. The quantitative estimate of drug-likeness (QED) is 0.611. The van der Waals surface area contributed by atoms with Gasteiger partial charge < -0.3 is 5.73 Å². The minimum absolute atomic E-state index is 0.816. The molecule has 2 aliphatic heterocycles. The van der Waals surface area contributed by atoms with Crippen LogP contribution < -0.4 is 5.73 Å². The lowest BCUT2D eigenvalue weighted by Crippen LogP contribution is -1.89. The van der Waals surface area contributed by atoms with Crippen molar-refractivity contribution < 1.29 is 0 Å². The Bertz CT molecular complexity index is 494. The van der Waals surface area contributed by atoms with E-state index < -0.39 is 0 Å². The number of nitrogens with zero attached hydrogens (tertiary/aromatic N) is 2. The van der Waals surface area contributed by atoms with Gasteiger partial charge in [-0.15, -0.1) is 10.2 Å². The molecule has 0 saturated carbocycles. The molecule has 2 N–H and O–H groups in total. The van der Waals surface area contributed by atoms with Crippen molar-refractivity contribution in [3.63, 3.8) is 0 Å². The zero-order chi connectivity index (χ0) is 9.54. The first-order valence-corrected chi connectivity index (χ1v) is 6.35. The van der Waals surface area contributed by atoms with Crippen LogP contribution in [0, 0.1) is 0 Å². The molecule has 1 aromatic heterocycles. The van der Waals surface area contributed by atoms with Crippen LogP contribution in [-0.4, -0.2) is 10.2 Å². The maximum absolute atomic E-state index is 5.90. The van der Waals surface area contributed by atoms with E-state index in [-0.39, 0.29) is 0 Å². The van der Waals surface area contributed by atoms with Crippen LogP contribution in [0.25, 0.3) is 0 Å². The molecule has 0 atom stereocenters. The molecule has 3 heterocycles. The number of benzene rings is 1. The second-order valence-corrected chi connectivity index (χ2v) is 6.32. The van der Waals surface area contributed by atoms with Crippen molar-refractivity contribution in [3.8, 4) is 0 Å². The molecule has 1 aromatic carbocycles. The molecule has 0 amide bonds. The number of anilines is 1. The first-order valence-electron chi connectivity index (χ1n) is 3.90. The van der Waals surface area contributed by atoms with Gasteiger partial charge in [-0.25, -0.2) is 0 Å². The summed E-state index contributed by atoms with van der Waals surface area (Å²) in [6.07, 6.45) is 0. The van der Waals surface area contributed by atoms with Crippen LogP contribution in [0.15, 0.2) is 36.7 Å². The second-order valence-electron chi connectivity index (χ2n) is 2.74. The minimum Gasteiger partial charge on any atom is -0.398 e. The lowest BCUT2D eigenvalue weighted by molar-refractivity contribution is 0.953. The molecule has 70 valence electrons. The molecule has 2 aliphatic rings. The average molecular weight is 239 g/mol. The van der Waals surface area contributed by atoms with E-state index in [9.17, 15) is 0 Å². The Hall–Kier alpha value is -0.720. The molecular formula is C8H5N3S3. The molecule has 0 spiro atoms. The van der Waals surface area contributed by atoms with E-state index in [0.717, 1.165) is 24.2 Å². The zero-order valence-corrected chi connectivity index (χ0v) is 9.38. The largest absolute Gasteiger partial charge is 0.398 e. The molecule has 2 aromatic rings. The molecule has 0 radical (unpaired) electrons. The molecule has 0 saturated heterocycles. The highest BCUT2D eigenvalue weighted by atomic mass is 32.2. The Morgan fingerprint density at radius 3 is 2.64 bits per heavy atom. The second kappa shape index (κ2) is 3.15. The third-order valence-corrected chi connectivity index (χ3v) is 4.88. The highest BCUT2D eigenvalue weighted by molar-refractivity contribution is 8.03. The van der Waals surface area contributed by atoms with Crippen molar-refractivity contribution in [2.75, 3.05) is 5.73 Å². The van der Waals surface area contributed by atoms with E-state index >= 15 is 0 Å². The van der Waals surface area contributed by atoms with Crippen LogP contribution in [0.4, 0.5) is 5.69 Å². The highest BCUT2D eigenvalue weighted by Crippen LogP contribution is 2.42. The standard InChI is InChI=1S/C8H5N3S3/c9-5-3-4-1-2-6(5)13-8-11-10-7(12-4)14-8/h1-3H,9H2. The van der Waals surface area contributed by atoms with Crippen LogP contribution in [-0.2, 0) is 0 Å². The van der Waals surface area contributed by atoms with Crippen LogP contribution in [0.2, 0.25) is 0 Å². The van der Waals surface area contributed by atoms with Gasteiger partial charge in [-0.1, -0.05) is 34.9 Å². The zero-order valence-electron chi connectivity index (χ0n) is 6.93. The highest BCUT2D eigenvalue weighted by Gasteiger charge is 2.13. The molecule has 4 rings (SSSR count). The SMILES string of the molecule is Nc1cc2ccc1Sc1nnc(s1)S2. The number of nitrogens with two attached hydrogens (primary N) is 1. The lowest BCUT2D eigenvalue weighted by Gasteiger charge is -2.03. The van der Waals surface area contributed by atoms with Crippen LogP contribution in [0.1, 0.15) is 0 Å². The third kappa shape index (κ3) is 1.39. The molecule has 0 unspecified atom stereocenters. The minimum atomic E-state index is 0.816. The van der Waals surface area contributed by atoms with E-state index in [1.54, 1.807) is 34.9 Å². The number of nitrogen functional groups attached to an aromatic ring is 1. The Morgan fingerprint density at radius 2 is 1.86 bits per heavy atom. The monoisotopic (exact) mass is 239 g/mol. The average Bonchev–Trinajstić information content (AvgIpc) is 2.62. The fourth-order valence-corrected chi connectivity index (χ4v) is 4.18. The maximum Gasteiger partial charge on any atom is 0.179 e. The Morgan fingerprint density at radius 1 is 1.07 bits per heavy atom. The van der Waals surface area contributed by atoms with E-state index in [0.29, 0.717) is 0 Å². The molecular weight excluding hydrogens is 234 g/mol. The first kappa shape index (κ1) is 8.58. The molecule has 4 bridgehead atoms. The summed E-state index contributed by atoms with van der Waals surface area (Å²) in [5.41, 5.74) is 6.72. The van der Waals surface area contributed by atoms with E-state index in [2.05, 4.69) is 16.3 Å². The predicted octanol–water partition coefficient (Wildman–Crippen LogP) is 2.74. The van der Waals surface area contributed by atoms with Crippen molar-refractivity contribution in [3.05, 3.63) is 18.2 Å². The first-order chi connectivity index (χ1) is 6.81. The number of rotatable bonds is 0. The summed E-state index contributed by atoms with van der Waals surface area (Å²) in [5, 5.41) is 8.15. The summed E-state index contributed by atoms with van der Waals surface area (Å²) < 4.78 is 1.92. The molecule has 0 fully saturated rings. The van der Waals surface area contributed by atoms with Crippen LogP contribution in [0.5, 0.6) is 0 Å². The summed E-state index contributed by atoms with van der Waals surface area (Å²) in [6, 6.07) is 6.08. The molecule has 3 nitrogen and oxygen atoms in total. The Labute approximate surface area is 93.1 Å². The predicted molar refractivity (Wildman–Crippen MR) is 59.0 cm³/mol. The van der Waals surface area contributed by atoms with E-state index in [4.69, 9.17) is 5.73 Å². The fraction of sp³-hybridized carbons (Fsp3) is 0. The molecule has 6 heteroatoms. The van der Waals surface area contributed by atoms with Gasteiger partial charge in [-0.05, 0) is 18.2 Å². The topological polar surface area (TPSA) is 51.8 Å². The van der Waals surface area contributed by atoms with E-state index in [1.807, 2.05) is 12.1 Å². The van der Waals surface area contributed by atoms with Gasteiger partial charge in [-0.3, -0.25) is 0 Å². The van der Waals surface area contributed by atoms with Gasteiger partial charge in [0, 0.05) is 15.5 Å². The summed E-state index contributed by atoms with van der Waals surface area (Å²) in [4.78, 5) is 2.18. The normalized spacial score (nSPS) is 13.4. The Kier molecular flexibility index (Phi) is 1.93. The number of fused-ring (bicyclic) bond motifs is 2. The summed E-state index contributed by atoms with van der Waals surface area (Å²) in [5.74, 6) is 0. The molecule has 0 aliphatic carbocycles. The van der Waals surface area contributed by atoms with Gasteiger partial charge in [0.05, 0.1) is 0 Å². The van der Waals surface area contributed by atoms with Crippen molar-refractivity contribution in [2.45, 2.75) is 18.5 Å². The third-order valence-electron chi connectivity index (χ3n) is 1.77. The molecule has 14 heavy (non-hydrogen) atoms. The van der Waals surface area contributed by atoms with Crippen molar-refractivity contribution in [2.24, 2.45) is 0 Å². The van der Waals surface area contributed by atoms with E-state index in [1.165, 1.54) is 0 Å². The van der Waals surface area contributed by atoms with Gasteiger partial charge >= 0.3 is 0 Å². The maximum atomic E-state index is 5.90. The van der Waals surface area contributed by atoms with Gasteiger partial charge in [-0.2, -0.15) is 0 Å². The number of aromatic nitrogens is 2. The smallest absolute Gasteiger partial charge is 0.179 e. The number of hydrogen-bond donors (Lipinski definition) is 1. The Balaban J connectivity index is 2.22. The van der Waals surface area contributed by atoms with Gasteiger partial charge in [0.1, 0.15) is 0 Å².